The Morgan fingerprint density at radius 3 is 2.27 bits per heavy atom. The van der Waals surface area contributed by atoms with E-state index >= 15 is 0 Å². The van der Waals surface area contributed by atoms with Gasteiger partial charge in [-0.05, 0) is 24.7 Å². The Balaban J connectivity index is 1.83. The highest BCUT2D eigenvalue weighted by atomic mass is 19.4. The second-order valence-electron chi connectivity index (χ2n) is 6.99. The molecule has 0 heterocycles. The summed E-state index contributed by atoms with van der Waals surface area (Å²) in [5.41, 5.74) is 1.20. The maximum absolute atomic E-state index is 12.8. The van der Waals surface area contributed by atoms with Gasteiger partial charge in [0.1, 0.15) is 13.2 Å². The van der Waals surface area contributed by atoms with Crippen LogP contribution in [0.5, 0.6) is 0 Å². The van der Waals surface area contributed by atoms with Crippen molar-refractivity contribution in [3.05, 3.63) is 71.3 Å². The SMILES string of the molecule is CN(CCO[N+](C)(C)Cc1cccc(C(F)(F)F)c1)Cc1ccccc1. The topological polar surface area (TPSA) is 12.5 Å². The Kier molecular flexibility index (Phi) is 6.81. The van der Waals surface area contributed by atoms with Gasteiger partial charge >= 0.3 is 6.18 Å². The average Bonchev–Trinajstić information content (AvgIpc) is 2.54. The summed E-state index contributed by atoms with van der Waals surface area (Å²) in [6.45, 7) is 2.42. The van der Waals surface area contributed by atoms with Crippen LogP contribution >= 0.6 is 0 Å². The monoisotopic (exact) mass is 367 g/mol. The van der Waals surface area contributed by atoms with Crippen molar-refractivity contribution in [2.75, 3.05) is 34.3 Å². The van der Waals surface area contributed by atoms with Gasteiger partial charge in [-0.3, -0.25) is 4.90 Å². The maximum Gasteiger partial charge on any atom is 0.416 e. The first-order chi connectivity index (χ1) is 12.2. The molecule has 0 aliphatic rings. The molecule has 142 valence electrons. The highest BCUT2D eigenvalue weighted by molar-refractivity contribution is 5.25. The summed E-state index contributed by atoms with van der Waals surface area (Å²) in [7, 11) is 5.71. The quantitative estimate of drug-likeness (QED) is 0.508. The van der Waals surface area contributed by atoms with Crippen molar-refractivity contribution >= 4 is 0 Å². The van der Waals surface area contributed by atoms with Crippen molar-refractivity contribution < 1.29 is 22.7 Å². The lowest BCUT2D eigenvalue weighted by Crippen LogP contribution is -2.40. The summed E-state index contributed by atoms with van der Waals surface area (Å²) in [5, 5.41) is 0. The zero-order chi connectivity index (χ0) is 19.2. The van der Waals surface area contributed by atoms with Gasteiger partial charge in [0.15, 0.2) is 0 Å². The van der Waals surface area contributed by atoms with Crippen molar-refractivity contribution in [3.8, 4) is 0 Å². The smallest absolute Gasteiger partial charge is 0.300 e. The molecule has 2 aromatic rings. The molecule has 2 aromatic carbocycles. The number of alkyl halides is 3. The number of rotatable bonds is 8. The molecule has 0 fully saturated rings. The molecule has 0 aliphatic heterocycles. The maximum atomic E-state index is 12.8. The van der Waals surface area contributed by atoms with Gasteiger partial charge in [0.25, 0.3) is 0 Å². The normalized spacial score (nSPS) is 12.6. The highest BCUT2D eigenvalue weighted by Crippen LogP contribution is 2.30. The van der Waals surface area contributed by atoms with Crippen LogP contribution in [0.3, 0.4) is 0 Å². The van der Waals surface area contributed by atoms with Crippen molar-refractivity contribution in [2.45, 2.75) is 19.3 Å². The van der Waals surface area contributed by atoms with Gasteiger partial charge in [0.2, 0.25) is 0 Å². The van der Waals surface area contributed by atoms with Crippen LogP contribution in [-0.4, -0.2) is 43.8 Å². The molecule has 0 aromatic heterocycles. The van der Waals surface area contributed by atoms with Gasteiger partial charge in [0, 0.05) is 18.7 Å². The fourth-order valence-electron chi connectivity index (χ4n) is 2.75. The molecule has 2 rings (SSSR count). The fraction of sp³-hybridized carbons (Fsp3) is 0.400. The molecule has 0 unspecified atom stereocenters. The molecule has 0 radical (unpaired) electrons. The number of benzene rings is 2. The summed E-state index contributed by atoms with van der Waals surface area (Å²) < 4.78 is 38.7. The number of likely N-dealkylation sites (N-methyl/N-ethyl adjacent to an activating group) is 1. The lowest BCUT2D eigenvalue weighted by molar-refractivity contribution is -1.09. The van der Waals surface area contributed by atoms with E-state index in [4.69, 9.17) is 4.84 Å². The molecule has 6 heteroatoms. The highest BCUT2D eigenvalue weighted by Gasteiger charge is 2.31. The van der Waals surface area contributed by atoms with Crippen molar-refractivity contribution in [2.24, 2.45) is 0 Å². The van der Waals surface area contributed by atoms with Crippen LogP contribution < -0.4 is 0 Å². The van der Waals surface area contributed by atoms with E-state index in [0.29, 0.717) is 18.7 Å². The van der Waals surface area contributed by atoms with Crippen molar-refractivity contribution in [1.82, 2.24) is 4.90 Å². The average molecular weight is 367 g/mol. The zero-order valence-corrected chi connectivity index (χ0v) is 15.5. The summed E-state index contributed by atoms with van der Waals surface area (Å²) >= 11 is 0. The van der Waals surface area contributed by atoms with E-state index in [2.05, 4.69) is 17.0 Å². The first-order valence-corrected chi connectivity index (χ1v) is 8.52. The predicted molar refractivity (Wildman–Crippen MR) is 96.0 cm³/mol. The lowest BCUT2D eigenvalue weighted by atomic mass is 10.1. The summed E-state index contributed by atoms with van der Waals surface area (Å²) in [6, 6.07) is 15.6. The molecule has 0 amide bonds. The molecule has 26 heavy (non-hydrogen) atoms. The van der Waals surface area contributed by atoms with E-state index in [-0.39, 0.29) is 4.65 Å². The third-order valence-electron chi connectivity index (χ3n) is 4.03. The Morgan fingerprint density at radius 1 is 0.962 bits per heavy atom. The molecule has 0 bridgehead atoms. The minimum Gasteiger partial charge on any atom is -0.300 e. The largest absolute Gasteiger partial charge is 0.416 e. The first kappa shape index (κ1) is 20.4. The molecule has 0 aliphatic carbocycles. The number of nitrogens with zero attached hydrogens (tertiary/aromatic N) is 2. The van der Waals surface area contributed by atoms with Crippen molar-refractivity contribution in [1.29, 1.82) is 0 Å². The van der Waals surface area contributed by atoms with E-state index in [9.17, 15) is 13.2 Å². The van der Waals surface area contributed by atoms with Crippen LogP contribution in [0.2, 0.25) is 0 Å². The Labute approximate surface area is 153 Å². The lowest BCUT2D eigenvalue weighted by Gasteiger charge is -2.28. The van der Waals surface area contributed by atoms with E-state index in [0.717, 1.165) is 19.2 Å². The van der Waals surface area contributed by atoms with Gasteiger partial charge in [-0.25, -0.2) is 4.84 Å². The van der Waals surface area contributed by atoms with E-state index in [1.807, 2.05) is 39.3 Å². The molecular formula is C20H26F3N2O+. The second kappa shape index (κ2) is 8.66. The summed E-state index contributed by atoms with van der Waals surface area (Å²) in [5.74, 6) is 0. The Bertz CT molecular complexity index is 687. The summed E-state index contributed by atoms with van der Waals surface area (Å²) in [4.78, 5) is 8.03. The minimum absolute atomic E-state index is 0.167. The van der Waals surface area contributed by atoms with Gasteiger partial charge in [-0.2, -0.15) is 17.8 Å². The Morgan fingerprint density at radius 2 is 1.62 bits per heavy atom. The number of quaternary nitrogens is 1. The van der Waals surface area contributed by atoms with Gasteiger partial charge in [-0.1, -0.05) is 42.5 Å². The Hall–Kier alpha value is -1.89. The van der Waals surface area contributed by atoms with Crippen LogP contribution in [0.15, 0.2) is 54.6 Å². The zero-order valence-electron chi connectivity index (χ0n) is 15.5. The molecular weight excluding hydrogens is 341 g/mol. The molecule has 0 saturated heterocycles. The van der Waals surface area contributed by atoms with Crippen LogP contribution in [0.25, 0.3) is 0 Å². The molecule has 0 atom stereocenters. The minimum atomic E-state index is -4.33. The summed E-state index contributed by atoms with van der Waals surface area (Å²) in [6.07, 6.45) is -4.33. The third kappa shape index (κ3) is 6.78. The van der Waals surface area contributed by atoms with Crippen molar-refractivity contribution in [3.63, 3.8) is 0 Å². The van der Waals surface area contributed by atoms with Gasteiger partial charge in [0.05, 0.1) is 19.7 Å². The molecule has 0 spiro atoms. The number of hydrogen-bond donors (Lipinski definition) is 0. The molecule has 0 N–H and O–H groups in total. The van der Waals surface area contributed by atoms with Gasteiger partial charge < -0.3 is 0 Å². The van der Waals surface area contributed by atoms with Crippen LogP contribution in [0.4, 0.5) is 13.2 Å². The van der Waals surface area contributed by atoms with Crippen LogP contribution in [0.1, 0.15) is 16.7 Å². The standard InChI is InChI=1S/C20H26F3N2O/c1-24(15-17-8-5-4-6-9-17)12-13-26-25(2,3)16-18-10-7-11-19(14-18)20(21,22)23/h4-11,14H,12-13,15-16H2,1-3H3/q+1. The van der Waals surface area contributed by atoms with E-state index < -0.39 is 11.7 Å². The van der Waals surface area contributed by atoms with Crippen LogP contribution in [0, 0.1) is 0 Å². The van der Waals surface area contributed by atoms with E-state index in [1.54, 1.807) is 6.07 Å². The first-order valence-electron chi connectivity index (χ1n) is 8.52. The van der Waals surface area contributed by atoms with Crippen LogP contribution in [-0.2, 0) is 24.1 Å². The predicted octanol–water partition coefficient (Wildman–Crippen LogP) is 4.35. The number of hydrogen-bond acceptors (Lipinski definition) is 2. The number of halogens is 3. The third-order valence-corrected chi connectivity index (χ3v) is 4.03. The molecule has 0 saturated carbocycles. The fourth-order valence-corrected chi connectivity index (χ4v) is 2.75. The molecule has 3 nitrogen and oxygen atoms in total. The number of hydroxylamine groups is 3. The van der Waals surface area contributed by atoms with Gasteiger partial charge in [-0.15, -0.1) is 0 Å². The second-order valence-corrected chi connectivity index (χ2v) is 6.99. The van der Waals surface area contributed by atoms with E-state index in [1.165, 1.54) is 17.7 Å².